The van der Waals surface area contributed by atoms with Gasteiger partial charge in [0.05, 0.1) is 11.3 Å². The van der Waals surface area contributed by atoms with Crippen LogP contribution in [-0.2, 0) is 22.4 Å². The zero-order valence-electron chi connectivity index (χ0n) is 23.1. The first-order valence-corrected chi connectivity index (χ1v) is 13.4. The number of nitrogens with zero attached hydrogens (tertiary/aromatic N) is 3. The first-order valence-electron chi connectivity index (χ1n) is 13.4. The van der Waals surface area contributed by atoms with Crippen LogP contribution < -0.4 is 27.0 Å². The lowest BCUT2D eigenvalue weighted by molar-refractivity contribution is -0.109. The van der Waals surface area contributed by atoms with Crippen molar-refractivity contribution in [2.75, 3.05) is 36.8 Å². The van der Waals surface area contributed by atoms with Gasteiger partial charge >= 0.3 is 0 Å². The number of nitrogens with two attached hydrogens (primary N) is 1. The fourth-order valence-corrected chi connectivity index (χ4v) is 3.99. The number of carbonyl (C=O) groups is 3. The third kappa shape index (κ3) is 11.6. The van der Waals surface area contributed by atoms with Crippen LogP contribution in [0.25, 0.3) is 0 Å². The number of nitriles is 1. The molecule has 1 fully saturated rings. The highest BCUT2D eigenvalue weighted by Gasteiger charge is 2.13. The normalized spacial score (nSPS) is 13.5. The molecule has 11 nitrogen and oxygen atoms in total. The predicted molar refractivity (Wildman–Crippen MR) is 154 cm³/mol. The number of aryl methyl sites for hydroxylation is 2. The Labute approximate surface area is 231 Å². The number of anilines is 3. The number of pyridine rings is 2. The maximum Gasteiger partial charge on any atom is 0.207 e. The molecule has 1 saturated heterocycles. The zero-order valence-corrected chi connectivity index (χ0v) is 23.1. The molecule has 3 heterocycles. The van der Waals surface area contributed by atoms with Gasteiger partial charge in [0.25, 0.3) is 0 Å². The molecule has 0 radical (unpaired) electrons. The summed E-state index contributed by atoms with van der Waals surface area (Å²) in [4.78, 5) is 38.1. The van der Waals surface area contributed by atoms with E-state index in [9.17, 15) is 14.9 Å². The predicted octanol–water partition coefficient (Wildman–Crippen LogP) is 2.87. The van der Waals surface area contributed by atoms with Crippen molar-refractivity contribution in [2.24, 2.45) is 5.73 Å². The molecule has 0 saturated carbocycles. The fourth-order valence-electron chi connectivity index (χ4n) is 3.99. The first-order chi connectivity index (χ1) is 19.1. The molecular formula is C28H42N8O3. The standard InChI is InChI=1S/C21H28N6O.C6H12N2O.CH2O/c1-3-5-9-24-18-11-20(25-13-17(18)12-23)27-21-16(7-6-8-22)10-15(4-2)19(14-28)26-21;9-5-7-4-6-2-1-3-8-6;1-2/h10-11,13-14H,3-9,22H2,1-2H3,(H2,24,25,26,27);5-6,8H,1-4H2,(H,7,9);1H2. The number of hydrogen-bond acceptors (Lipinski definition) is 10. The van der Waals surface area contributed by atoms with Crippen LogP contribution >= 0.6 is 0 Å². The number of rotatable bonds is 14. The molecular weight excluding hydrogens is 496 g/mol. The van der Waals surface area contributed by atoms with Gasteiger partial charge in [0.15, 0.2) is 6.29 Å². The Morgan fingerprint density at radius 1 is 1.23 bits per heavy atom. The molecule has 0 spiro atoms. The molecule has 0 aliphatic carbocycles. The van der Waals surface area contributed by atoms with E-state index in [1.807, 2.05) is 19.8 Å². The van der Waals surface area contributed by atoms with Crippen LogP contribution in [0.3, 0.4) is 0 Å². The number of hydrogen-bond donors (Lipinski definition) is 5. The monoisotopic (exact) mass is 538 g/mol. The third-order valence-electron chi connectivity index (χ3n) is 6.08. The molecule has 1 amide bonds. The minimum absolute atomic E-state index is 0.427. The van der Waals surface area contributed by atoms with Gasteiger partial charge in [-0.1, -0.05) is 20.3 Å². The van der Waals surface area contributed by atoms with Crippen molar-refractivity contribution in [1.82, 2.24) is 20.6 Å². The summed E-state index contributed by atoms with van der Waals surface area (Å²) in [6, 6.07) is 6.50. The molecule has 39 heavy (non-hydrogen) atoms. The van der Waals surface area contributed by atoms with Gasteiger partial charge in [-0.15, -0.1) is 0 Å². The maximum absolute atomic E-state index is 11.4. The number of unbranched alkanes of at least 4 members (excludes halogenated alkanes) is 1. The summed E-state index contributed by atoms with van der Waals surface area (Å²) in [6.07, 6.45) is 9.90. The lowest BCUT2D eigenvalue weighted by Gasteiger charge is -2.15. The lowest BCUT2D eigenvalue weighted by atomic mass is 10.0. The minimum atomic E-state index is 0.427. The molecule has 2 aromatic rings. The number of nitrogens with one attached hydrogen (secondary N) is 4. The fraction of sp³-hybridized carbons (Fsp3) is 0.500. The van der Waals surface area contributed by atoms with E-state index in [-0.39, 0.29) is 0 Å². The topological polar surface area (TPSA) is 175 Å². The first kappa shape index (κ1) is 33.1. The third-order valence-corrected chi connectivity index (χ3v) is 6.08. The smallest absolute Gasteiger partial charge is 0.207 e. The minimum Gasteiger partial charge on any atom is -0.384 e. The van der Waals surface area contributed by atoms with E-state index in [4.69, 9.17) is 10.5 Å². The van der Waals surface area contributed by atoms with Crippen LogP contribution in [0.2, 0.25) is 0 Å². The summed E-state index contributed by atoms with van der Waals surface area (Å²) < 4.78 is 0. The van der Waals surface area contributed by atoms with E-state index >= 15 is 0 Å². The molecule has 212 valence electrons. The van der Waals surface area contributed by atoms with E-state index in [1.54, 1.807) is 6.07 Å². The van der Waals surface area contributed by atoms with E-state index in [0.717, 1.165) is 81.2 Å². The van der Waals surface area contributed by atoms with Gasteiger partial charge in [0.2, 0.25) is 6.41 Å². The average molecular weight is 539 g/mol. The van der Waals surface area contributed by atoms with E-state index in [0.29, 0.717) is 35.5 Å². The quantitative estimate of drug-likeness (QED) is 0.178. The van der Waals surface area contributed by atoms with Gasteiger partial charge in [0.1, 0.15) is 30.2 Å². The van der Waals surface area contributed by atoms with Crippen LogP contribution in [0, 0.1) is 11.3 Å². The van der Waals surface area contributed by atoms with Crippen LogP contribution in [0.5, 0.6) is 0 Å². The van der Waals surface area contributed by atoms with Crippen molar-refractivity contribution in [3.8, 4) is 6.07 Å². The van der Waals surface area contributed by atoms with Crippen molar-refractivity contribution in [3.05, 3.63) is 40.7 Å². The average Bonchev–Trinajstić information content (AvgIpc) is 3.50. The van der Waals surface area contributed by atoms with Crippen LogP contribution in [0.4, 0.5) is 17.3 Å². The highest BCUT2D eigenvalue weighted by Crippen LogP contribution is 2.25. The van der Waals surface area contributed by atoms with Crippen LogP contribution in [0.15, 0.2) is 18.3 Å². The molecule has 6 N–H and O–H groups in total. The van der Waals surface area contributed by atoms with Crippen LogP contribution in [0.1, 0.15) is 73.1 Å². The molecule has 1 unspecified atom stereocenters. The van der Waals surface area contributed by atoms with Crippen LogP contribution in [-0.4, -0.2) is 61.7 Å². The molecule has 3 rings (SSSR count). The number of aromatic nitrogens is 2. The molecule has 0 aromatic carbocycles. The summed E-state index contributed by atoms with van der Waals surface area (Å²) in [5.41, 5.74) is 9.24. The van der Waals surface area contributed by atoms with Gasteiger partial charge in [-0.25, -0.2) is 9.97 Å². The van der Waals surface area contributed by atoms with E-state index in [1.165, 1.54) is 19.0 Å². The number of amides is 1. The van der Waals surface area contributed by atoms with Gasteiger partial charge in [0, 0.05) is 31.4 Å². The summed E-state index contributed by atoms with van der Waals surface area (Å²) >= 11 is 0. The molecule has 2 aromatic heterocycles. The Kier molecular flexibility index (Phi) is 17.1. The van der Waals surface area contributed by atoms with Gasteiger partial charge in [-0.2, -0.15) is 5.26 Å². The molecule has 11 heteroatoms. The summed E-state index contributed by atoms with van der Waals surface area (Å²) in [5.74, 6) is 1.17. The maximum atomic E-state index is 11.4. The number of aldehydes is 1. The largest absolute Gasteiger partial charge is 0.384 e. The highest BCUT2D eigenvalue weighted by molar-refractivity contribution is 5.77. The summed E-state index contributed by atoms with van der Waals surface area (Å²) in [7, 11) is 0. The molecule has 1 aliphatic heterocycles. The van der Waals surface area contributed by atoms with Gasteiger partial charge in [-0.05, 0) is 68.8 Å². The summed E-state index contributed by atoms with van der Waals surface area (Å²) in [6.45, 7) is 9.37. The second-order valence-corrected chi connectivity index (χ2v) is 8.86. The van der Waals surface area contributed by atoms with E-state index < -0.39 is 0 Å². The molecule has 1 atom stereocenters. The van der Waals surface area contributed by atoms with Crippen molar-refractivity contribution in [3.63, 3.8) is 0 Å². The van der Waals surface area contributed by atoms with Gasteiger partial charge in [-0.3, -0.25) is 9.59 Å². The highest BCUT2D eigenvalue weighted by atomic mass is 16.1. The Bertz CT molecular complexity index is 1050. The van der Waals surface area contributed by atoms with Gasteiger partial charge < -0.3 is 31.8 Å². The Balaban J connectivity index is 0.000000578. The van der Waals surface area contributed by atoms with Crippen molar-refractivity contribution < 1.29 is 14.4 Å². The summed E-state index contributed by atoms with van der Waals surface area (Å²) in [5, 5.41) is 21.7. The zero-order chi connectivity index (χ0) is 28.9. The second kappa shape index (κ2) is 20.1. The number of carbonyl (C=O) groups excluding carboxylic acids is 3. The van der Waals surface area contributed by atoms with Crippen molar-refractivity contribution in [2.45, 2.75) is 64.8 Å². The van der Waals surface area contributed by atoms with E-state index in [2.05, 4.69) is 44.2 Å². The Morgan fingerprint density at radius 2 is 2.03 bits per heavy atom. The van der Waals surface area contributed by atoms with Crippen molar-refractivity contribution >= 4 is 36.8 Å². The van der Waals surface area contributed by atoms with Crippen molar-refractivity contribution in [1.29, 1.82) is 5.26 Å². The Morgan fingerprint density at radius 3 is 2.62 bits per heavy atom. The lowest BCUT2D eigenvalue weighted by Crippen LogP contribution is -2.33. The Hall–Kier alpha value is -3.88. The SMILES string of the molecule is C=O.CCCCNc1cc(Nc2nc(C=O)c(CC)cc2CCCN)ncc1C#N.O=CNCC1CCCN1. The second-order valence-electron chi connectivity index (χ2n) is 8.86. The molecule has 1 aliphatic rings. The molecule has 0 bridgehead atoms.